The van der Waals surface area contributed by atoms with Gasteiger partial charge in [0.15, 0.2) is 0 Å². The van der Waals surface area contributed by atoms with Crippen molar-refractivity contribution >= 4 is 64.1 Å². The van der Waals surface area contributed by atoms with Crippen LogP contribution < -0.4 is 4.74 Å². The van der Waals surface area contributed by atoms with E-state index in [1.54, 1.807) is 22.7 Å². The van der Waals surface area contributed by atoms with Crippen molar-refractivity contribution < 1.29 is 4.74 Å². The van der Waals surface area contributed by atoms with Crippen molar-refractivity contribution in [2.75, 3.05) is 0 Å². The smallest absolute Gasteiger partial charge is 0.137 e. The number of fused-ring (bicyclic) bond motifs is 6. The van der Waals surface area contributed by atoms with E-state index in [0.29, 0.717) is 0 Å². The Morgan fingerprint density at radius 1 is 0.730 bits per heavy atom. The molecule has 0 bridgehead atoms. The first-order chi connectivity index (χ1) is 18.3. The van der Waals surface area contributed by atoms with Crippen LogP contribution in [0.2, 0.25) is 0 Å². The van der Waals surface area contributed by atoms with Crippen molar-refractivity contribution in [3.05, 3.63) is 109 Å². The number of rotatable bonds is 4. The van der Waals surface area contributed by atoms with Crippen LogP contribution in [0.1, 0.15) is 0 Å². The number of ether oxygens (including phenoxy) is 1. The Morgan fingerprint density at radius 2 is 1.62 bits per heavy atom. The Morgan fingerprint density at radius 3 is 2.57 bits per heavy atom. The monoisotopic (exact) mass is 514 g/mol. The van der Waals surface area contributed by atoms with Crippen LogP contribution in [0.5, 0.6) is 11.5 Å². The molecule has 0 fully saturated rings. The summed E-state index contributed by atoms with van der Waals surface area (Å²) in [6.07, 6.45) is 3.77. The van der Waals surface area contributed by atoms with Gasteiger partial charge in [0.25, 0.3) is 0 Å². The largest absolute Gasteiger partial charge is 0.457 e. The van der Waals surface area contributed by atoms with E-state index in [1.165, 1.54) is 24.9 Å². The van der Waals surface area contributed by atoms with E-state index in [0.717, 1.165) is 39.6 Å². The predicted molar refractivity (Wildman–Crippen MR) is 153 cm³/mol. The van der Waals surface area contributed by atoms with Gasteiger partial charge in [0, 0.05) is 33.8 Å². The van der Waals surface area contributed by atoms with Crippen LogP contribution in [0.4, 0.5) is 0 Å². The zero-order chi connectivity index (χ0) is 24.3. The van der Waals surface area contributed by atoms with Crippen LogP contribution >= 0.6 is 22.7 Å². The highest BCUT2D eigenvalue weighted by Gasteiger charge is 2.15. The van der Waals surface area contributed by atoms with Gasteiger partial charge in [-0.3, -0.25) is 4.57 Å². The van der Waals surface area contributed by atoms with Gasteiger partial charge >= 0.3 is 0 Å². The Bertz CT molecular complexity index is 2080. The Labute approximate surface area is 219 Å². The molecule has 0 saturated carbocycles. The summed E-state index contributed by atoms with van der Waals surface area (Å²) in [6, 6.07) is 30.9. The van der Waals surface area contributed by atoms with Gasteiger partial charge in [-0.15, -0.1) is 22.7 Å². The fourth-order valence-electron chi connectivity index (χ4n) is 5.04. The van der Waals surface area contributed by atoms with Gasteiger partial charge in [0.05, 0.1) is 32.3 Å². The lowest BCUT2D eigenvalue weighted by Crippen LogP contribution is -1.97. The second-order valence-electron chi connectivity index (χ2n) is 8.80. The molecule has 0 aliphatic rings. The lowest BCUT2D eigenvalue weighted by molar-refractivity contribution is 0.483. The second-order valence-corrected chi connectivity index (χ2v) is 10.8. The minimum atomic E-state index is 0.763. The highest BCUT2D eigenvalue weighted by atomic mass is 32.1. The van der Waals surface area contributed by atoms with Crippen molar-refractivity contribution in [1.82, 2.24) is 19.3 Å². The first kappa shape index (κ1) is 20.7. The normalized spacial score (nSPS) is 11.8. The Kier molecular flexibility index (Phi) is 4.49. The van der Waals surface area contributed by atoms with Crippen molar-refractivity contribution in [3.8, 4) is 23.0 Å². The average Bonchev–Trinajstić information content (AvgIpc) is 3.69. The van der Waals surface area contributed by atoms with Crippen LogP contribution in [0.25, 0.3) is 52.9 Å². The van der Waals surface area contributed by atoms with E-state index in [-0.39, 0.29) is 0 Å². The summed E-state index contributed by atoms with van der Waals surface area (Å²) in [4.78, 5) is 4.63. The van der Waals surface area contributed by atoms with Gasteiger partial charge in [0.2, 0.25) is 0 Å². The van der Waals surface area contributed by atoms with Gasteiger partial charge in [-0.05, 0) is 53.9 Å². The van der Waals surface area contributed by atoms with Gasteiger partial charge in [0.1, 0.15) is 22.8 Å². The summed E-state index contributed by atoms with van der Waals surface area (Å²) in [6.45, 7) is 0. The third-order valence-corrected chi connectivity index (χ3v) is 8.75. The summed E-state index contributed by atoms with van der Waals surface area (Å²) in [5.74, 6) is 2.41. The standard InChI is InChI=1S/C30H18N4OS2/c1-2-9-24-22(8-1)23-12-11-21(17-25(23)33(24)28-10-3-4-14-31-28)35-20-7-5-6-19(16-20)34-29-27(18-32-34)37-26-13-15-36-30(26)29/h1-18H. The molecular formula is C30H18N4OS2. The number of pyridine rings is 1. The molecule has 37 heavy (non-hydrogen) atoms. The molecule has 5 heterocycles. The molecular weight excluding hydrogens is 496 g/mol. The quantitative estimate of drug-likeness (QED) is 0.236. The number of aromatic nitrogens is 4. The zero-order valence-electron chi connectivity index (χ0n) is 19.4. The third-order valence-electron chi connectivity index (χ3n) is 6.62. The molecule has 5 nitrogen and oxygen atoms in total. The number of thiophene rings is 2. The lowest BCUT2D eigenvalue weighted by atomic mass is 10.1. The number of benzene rings is 3. The maximum Gasteiger partial charge on any atom is 0.137 e. The number of hydrogen-bond acceptors (Lipinski definition) is 5. The van der Waals surface area contributed by atoms with E-state index in [1.807, 2.05) is 59.5 Å². The summed E-state index contributed by atoms with van der Waals surface area (Å²) in [5, 5.41) is 9.17. The van der Waals surface area contributed by atoms with E-state index >= 15 is 0 Å². The fourth-order valence-corrected chi connectivity index (χ4v) is 7.24. The maximum absolute atomic E-state index is 6.41. The van der Waals surface area contributed by atoms with Crippen LogP contribution in [0.15, 0.2) is 109 Å². The van der Waals surface area contributed by atoms with E-state index in [2.05, 4.69) is 68.6 Å². The van der Waals surface area contributed by atoms with Gasteiger partial charge in [-0.2, -0.15) is 5.10 Å². The number of para-hydroxylation sites is 1. The maximum atomic E-state index is 6.41. The molecule has 8 rings (SSSR count). The van der Waals surface area contributed by atoms with Crippen molar-refractivity contribution in [3.63, 3.8) is 0 Å². The van der Waals surface area contributed by atoms with Gasteiger partial charge in [-0.1, -0.05) is 30.3 Å². The molecule has 0 saturated heterocycles. The lowest BCUT2D eigenvalue weighted by Gasteiger charge is -2.10. The predicted octanol–water partition coefficient (Wildman–Crippen LogP) is 8.59. The summed E-state index contributed by atoms with van der Waals surface area (Å²) >= 11 is 3.54. The van der Waals surface area contributed by atoms with Crippen molar-refractivity contribution in [2.24, 2.45) is 0 Å². The van der Waals surface area contributed by atoms with Crippen LogP contribution in [0, 0.1) is 0 Å². The molecule has 0 atom stereocenters. The topological polar surface area (TPSA) is 44.9 Å². The summed E-state index contributed by atoms with van der Waals surface area (Å²) in [7, 11) is 0. The van der Waals surface area contributed by atoms with Crippen LogP contribution in [-0.4, -0.2) is 19.3 Å². The minimum Gasteiger partial charge on any atom is -0.457 e. The molecule has 8 aromatic rings. The number of hydrogen-bond donors (Lipinski definition) is 0. The molecule has 3 aromatic carbocycles. The molecule has 0 amide bonds. The number of nitrogens with zero attached hydrogens (tertiary/aromatic N) is 4. The van der Waals surface area contributed by atoms with Crippen molar-refractivity contribution in [2.45, 2.75) is 0 Å². The molecule has 0 aliphatic carbocycles. The Hall–Kier alpha value is -4.46. The van der Waals surface area contributed by atoms with E-state index in [9.17, 15) is 0 Å². The van der Waals surface area contributed by atoms with Crippen LogP contribution in [-0.2, 0) is 0 Å². The highest BCUT2D eigenvalue weighted by molar-refractivity contribution is 7.32. The molecule has 0 radical (unpaired) electrons. The highest BCUT2D eigenvalue weighted by Crippen LogP contribution is 2.39. The van der Waals surface area contributed by atoms with Gasteiger partial charge in [-0.25, -0.2) is 9.67 Å². The molecule has 0 aliphatic heterocycles. The van der Waals surface area contributed by atoms with Crippen molar-refractivity contribution in [1.29, 1.82) is 0 Å². The summed E-state index contributed by atoms with van der Waals surface area (Å²) < 4.78 is 14.4. The zero-order valence-corrected chi connectivity index (χ0v) is 21.0. The third kappa shape index (κ3) is 3.21. The summed E-state index contributed by atoms with van der Waals surface area (Å²) in [5.41, 5.74) is 4.31. The molecule has 5 aromatic heterocycles. The first-order valence-electron chi connectivity index (χ1n) is 11.9. The Balaban J connectivity index is 1.23. The fraction of sp³-hybridized carbons (Fsp3) is 0. The van der Waals surface area contributed by atoms with E-state index in [4.69, 9.17) is 4.74 Å². The van der Waals surface area contributed by atoms with E-state index < -0.39 is 0 Å². The minimum absolute atomic E-state index is 0.763. The molecule has 7 heteroatoms. The molecule has 176 valence electrons. The second kappa shape index (κ2) is 8.03. The average molecular weight is 515 g/mol. The molecule has 0 unspecified atom stereocenters. The molecule has 0 spiro atoms. The van der Waals surface area contributed by atoms with Crippen LogP contribution in [0.3, 0.4) is 0 Å². The molecule has 0 N–H and O–H groups in total. The SMILES string of the molecule is c1ccc(-n2c3ccccc3c3ccc(Oc4cccc(-n5ncc6sc7ccsc7c65)c4)cc32)nc1. The van der Waals surface area contributed by atoms with Gasteiger partial charge < -0.3 is 4.74 Å². The first-order valence-corrected chi connectivity index (χ1v) is 13.6.